The van der Waals surface area contributed by atoms with Gasteiger partial charge in [0, 0.05) is 0 Å². The van der Waals surface area contributed by atoms with Crippen LogP contribution in [0.3, 0.4) is 0 Å². The van der Waals surface area contributed by atoms with Gasteiger partial charge in [0.15, 0.2) is 0 Å². The van der Waals surface area contributed by atoms with Gasteiger partial charge in [0.05, 0.1) is 0 Å². The molecule has 0 saturated carbocycles. The van der Waals surface area contributed by atoms with Crippen LogP contribution in [0.1, 0.15) is 201 Å². The first kappa shape index (κ1) is 32.0. The van der Waals surface area contributed by atoms with E-state index in [1.165, 1.54) is 180 Å². The molecule has 1 atom stereocenters. The van der Waals surface area contributed by atoms with E-state index in [1.54, 1.807) is 0 Å². The summed E-state index contributed by atoms with van der Waals surface area (Å²) in [5.74, 6) is 0.948. The van der Waals surface area contributed by atoms with Crippen molar-refractivity contribution < 1.29 is 0 Å². The van der Waals surface area contributed by atoms with Crippen molar-refractivity contribution in [1.82, 2.24) is 0 Å². The van der Waals surface area contributed by atoms with Crippen molar-refractivity contribution in [3.8, 4) is 0 Å². The average Bonchev–Trinajstić information content (AvgIpc) is 2.81. The Hall–Kier alpha value is 0. The maximum atomic E-state index is 2.40. The Morgan fingerprint density at radius 3 is 0.750 bits per heavy atom. The highest BCUT2D eigenvalue weighted by Gasteiger charge is 1.99. The highest BCUT2D eigenvalue weighted by Crippen LogP contribution is 2.17. The van der Waals surface area contributed by atoms with Crippen LogP contribution in [0.4, 0.5) is 0 Å². The fourth-order valence-corrected chi connectivity index (χ4v) is 5.01. The van der Waals surface area contributed by atoms with Crippen molar-refractivity contribution in [2.45, 2.75) is 201 Å². The molecule has 0 heterocycles. The zero-order chi connectivity index (χ0) is 23.4. The minimum absolute atomic E-state index is 0.948. The van der Waals surface area contributed by atoms with Crippen LogP contribution >= 0.6 is 0 Å². The third kappa shape index (κ3) is 28.0. The van der Waals surface area contributed by atoms with Crippen molar-refractivity contribution >= 4 is 0 Å². The van der Waals surface area contributed by atoms with E-state index in [1.807, 2.05) is 0 Å². The number of rotatable bonds is 28. The SMILES string of the molecule is CCCCCCCCCCCCCCCCCCCCCCCCCCCCC(C)CC. The minimum Gasteiger partial charge on any atom is -0.0654 e. The van der Waals surface area contributed by atoms with Gasteiger partial charge in [-0.3, -0.25) is 0 Å². The van der Waals surface area contributed by atoms with Gasteiger partial charge >= 0.3 is 0 Å². The molecule has 0 N–H and O–H groups in total. The van der Waals surface area contributed by atoms with E-state index in [9.17, 15) is 0 Å². The zero-order valence-electron chi connectivity index (χ0n) is 23.4. The molecule has 0 heteroatoms. The molecule has 0 nitrogen and oxygen atoms in total. The molecule has 0 amide bonds. The van der Waals surface area contributed by atoms with E-state index < -0.39 is 0 Å². The Morgan fingerprint density at radius 2 is 0.531 bits per heavy atom. The van der Waals surface area contributed by atoms with E-state index >= 15 is 0 Å². The van der Waals surface area contributed by atoms with Gasteiger partial charge in [-0.1, -0.05) is 201 Å². The van der Waals surface area contributed by atoms with Gasteiger partial charge in [-0.15, -0.1) is 0 Å². The van der Waals surface area contributed by atoms with Crippen molar-refractivity contribution in [1.29, 1.82) is 0 Å². The summed E-state index contributed by atoms with van der Waals surface area (Å²) in [4.78, 5) is 0. The molecule has 0 aromatic rings. The Balaban J connectivity index is 3.01. The lowest BCUT2D eigenvalue weighted by Gasteiger charge is -2.07. The summed E-state index contributed by atoms with van der Waals surface area (Å²) < 4.78 is 0. The molecule has 194 valence electrons. The third-order valence-corrected chi connectivity index (χ3v) is 7.75. The smallest absolute Gasteiger partial charge is 0.0445 e. The molecule has 0 bridgehead atoms. The second-order valence-electron chi connectivity index (χ2n) is 11.1. The van der Waals surface area contributed by atoms with Gasteiger partial charge in [-0.25, -0.2) is 0 Å². The molecule has 0 aromatic heterocycles. The quantitative estimate of drug-likeness (QED) is 0.104. The molecule has 0 aliphatic carbocycles. The second-order valence-corrected chi connectivity index (χ2v) is 11.1. The summed E-state index contributed by atoms with van der Waals surface area (Å²) in [5.41, 5.74) is 0. The number of hydrogen-bond acceptors (Lipinski definition) is 0. The molecule has 0 spiro atoms. The predicted molar refractivity (Wildman–Crippen MR) is 150 cm³/mol. The van der Waals surface area contributed by atoms with Gasteiger partial charge in [-0.2, -0.15) is 0 Å². The first-order valence-electron chi connectivity index (χ1n) is 15.8. The first-order chi connectivity index (χ1) is 15.8. The number of hydrogen-bond donors (Lipinski definition) is 0. The van der Waals surface area contributed by atoms with E-state index in [2.05, 4.69) is 20.8 Å². The standard InChI is InChI=1S/C32H66/c1-4-6-7-8-9-10-11-12-13-14-15-16-17-18-19-20-21-22-23-24-25-26-27-28-29-30-31-32(3)5-2/h32H,4-31H2,1-3H3. The lowest BCUT2D eigenvalue weighted by Crippen LogP contribution is -1.91. The van der Waals surface area contributed by atoms with E-state index in [4.69, 9.17) is 0 Å². The molecule has 0 aromatic carbocycles. The zero-order valence-corrected chi connectivity index (χ0v) is 23.4. The van der Waals surface area contributed by atoms with Crippen molar-refractivity contribution in [3.63, 3.8) is 0 Å². The Kier molecular flexibility index (Phi) is 29.0. The predicted octanol–water partition coefficient (Wildman–Crippen LogP) is 12.6. The molecule has 0 rings (SSSR count). The van der Waals surface area contributed by atoms with E-state index in [-0.39, 0.29) is 0 Å². The summed E-state index contributed by atoms with van der Waals surface area (Å²) >= 11 is 0. The maximum Gasteiger partial charge on any atom is -0.0445 e. The largest absolute Gasteiger partial charge is 0.0654 e. The molecule has 0 fully saturated rings. The van der Waals surface area contributed by atoms with Crippen LogP contribution in [-0.2, 0) is 0 Å². The molecule has 0 radical (unpaired) electrons. The van der Waals surface area contributed by atoms with Crippen LogP contribution in [0.2, 0.25) is 0 Å². The highest BCUT2D eigenvalue weighted by atomic mass is 14.0. The molecular weight excluding hydrogens is 384 g/mol. The van der Waals surface area contributed by atoms with Crippen LogP contribution in [0.25, 0.3) is 0 Å². The second kappa shape index (κ2) is 29.0. The Bertz CT molecular complexity index is 307. The van der Waals surface area contributed by atoms with Crippen molar-refractivity contribution in [2.75, 3.05) is 0 Å². The topological polar surface area (TPSA) is 0 Å². The minimum atomic E-state index is 0.948. The first-order valence-corrected chi connectivity index (χ1v) is 15.8. The average molecular weight is 451 g/mol. The Labute approximate surface area is 206 Å². The van der Waals surface area contributed by atoms with Gasteiger partial charge < -0.3 is 0 Å². The van der Waals surface area contributed by atoms with Crippen molar-refractivity contribution in [3.05, 3.63) is 0 Å². The Morgan fingerprint density at radius 1 is 0.312 bits per heavy atom. The normalized spacial score (nSPS) is 12.5. The summed E-state index contributed by atoms with van der Waals surface area (Å²) in [6.07, 6.45) is 41.4. The summed E-state index contributed by atoms with van der Waals surface area (Å²) in [6, 6.07) is 0. The van der Waals surface area contributed by atoms with E-state index in [0.29, 0.717) is 0 Å². The van der Waals surface area contributed by atoms with E-state index in [0.717, 1.165) is 5.92 Å². The van der Waals surface area contributed by atoms with Crippen molar-refractivity contribution in [2.24, 2.45) is 5.92 Å². The van der Waals surface area contributed by atoms with Crippen LogP contribution in [0.5, 0.6) is 0 Å². The molecule has 32 heavy (non-hydrogen) atoms. The van der Waals surface area contributed by atoms with Crippen LogP contribution in [0.15, 0.2) is 0 Å². The van der Waals surface area contributed by atoms with Gasteiger partial charge in [0.25, 0.3) is 0 Å². The highest BCUT2D eigenvalue weighted by molar-refractivity contribution is 4.53. The fourth-order valence-electron chi connectivity index (χ4n) is 5.01. The molecular formula is C32H66. The molecule has 0 aliphatic rings. The summed E-state index contributed by atoms with van der Waals surface area (Å²) in [7, 11) is 0. The van der Waals surface area contributed by atoms with Crippen LogP contribution < -0.4 is 0 Å². The van der Waals surface area contributed by atoms with Gasteiger partial charge in [0.1, 0.15) is 0 Å². The van der Waals surface area contributed by atoms with Gasteiger partial charge in [-0.05, 0) is 5.92 Å². The van der Waals surface area contributed by atoms with Crippen LogP contribution in [0, 0.1) is 5.92 Å². The third-order valence-electron chi connectivity index (χ3n) is 7.75. The molecule has 0 saturated heterocycles. The maximum absolute atomic E-state index is 2.40. The molecule has 1 unspecified atom stereocenters. The van der Waals surface area contributed by atoms with Gasteiger partial charge in [0.2, 0.25) is 0 Å². The number of unbranched alkanes of at least 4 members (excludes halogenated alkanes) is 25. The summed E-state index contributed by atoms with van der Waals surface area (Å²) in [5, 5.41) is 0. The lowest BCUT2D eigenvalue weighted by atomic mass is 9.99. The lowest BCUT2D eigenvalue weighted by molar-refractivity contribution is 0.468. The summed E-state index contributed by atoms with van der Waals surface area (Å²) in [6.45, 7) is 7.03. The monoisotopic (exact) mass is 451 g/mol. The fraction of sp³-hybridized carbons (Fsp3) is 1.00. The molecule has 0 aliphatic heterocycles. The van der Waals surface area contributed by atoms with Crippen LogP contribution in [-0.4, -0.2) is 0 Å².